The molecule has 6 N–H and O–H groups in total. The maximum atomic E-state index is 12.0. The second-order valence-electron chi connectivity index (χ2n) is 5.36. The van der Waals surface area contributed by atoms with Crippen molar-refractivity contribution in [2.75, 3.05) is 33.5 Å². The lowest BCUT2D eigenvalue weighted by atomic mass is 10.2. The number of nitrogens with two attached hydrogens (primary N) is 2. The van der Waals surface area contributed by atoms with E-state index >= 15 is 0 Å². The topological polar surface area (TPSA) is 155 Å². The van der Waals surface area contributed by atoms with Gasteiger partial charge in [0.2, 0.25) is 5.91 Å². The van der Waals surface area contributed by atoms with Crippen molar-refractivity contribution >= 4 is 17.8 Å². The van der Waals surface area contributed by atoms with E-state index in [2.05, 4.69) is 15.4 Å². The average Bonchev–Trinajstić information content (AvgIpc) is 2.56. The van der Waals surface area contributed by atoms with Crippen LogP contribution in [0.2, 0.25) is 0 Å². The van der Waals surface area contributed by atoms with Crippen LogP contribution in [-0.2, 0) is 28.6 Å². The molecule has 138 valence electrons. The normalized spacial score (nSPS) is 28.5. The molecule has 1 aliphatic rings. The van der Waals surface area contributed by atoms with E-state index in [0.29, 0.717) is 13.2 Å². The largest absolute Gasteiger partial charge is 0.467 e. The van der Waals surface area contributed by atoms with Gasteiger partial charge in [-0.2, -0.15) is 0 Å². The third-order valence-corrected chi connectivity index (χ3v) is 3.39. The Balaban J connectivity index is 2.70. The summed E-state index contributed by atoms with van der Waals surface area (Å²) in [6, 6.07) is -1.85. The molecule has 3 atom stereocenters. The number of ether oxygens (including phenoxy) is 3. The van der Waals surface area contributed by atoms with Crippen molar-refractivity contribution in [3.05, 3.63) is 0 Å². The molecule has 1 aliphatic heterocycles. The van der Waals surface area contributed by atoms with Crippen LogP contribution in [-0.4, -0.2) is 69.6 Å². The van der Waals surface area contributed by atoms with Crippen molar-refractivity contribution in [3.8, 4) is 0 Å². The predicted molar refractivity (Wildman–Crippen MR) is 83.5 cm³/mol. The van der Waals surface area contributed by atoms with Crippen molar-refractivity contribution in [3.63, 3.8) is 0 Å². The van der Waals surface area contributed by atoms with E-state index in [1.165, 1.54) is 7.11 Å². The lowest BCUT2D eigenvalue weighted by molar-refractivity contribution is -0.146. The summed E-state index contributed by atoms with van der Waals surface area (Å²) in [6.07, 6.45) is 0.409. The van der Waals surface area contributed by atoms with Gasteiger partial charge < -0.3 is 36.3 Å². The Morgan fingerprint density at radius 2 is 1.75 bits per heavy atom. The monoisotopic (exact) mass is 346 g/mol. The molecule has 0 aromatic rings. The van der Waals surface area contributed by atoms with Crippen molar-refractivity contribution in [1.82, 2.24) is 10.6 Å². The zero-order valence-electron chi connectivity index (χ0n) is 13.8. The molecule has 0 spiro atoms. The molecular formula is C14H26N4O6. The van der Waals surface area contributed by atoms with Crippen molar-refractivity contribution in [2.45, 2.75) is 37.5 Å². The second kappa shape index (κ2) is 10.9. The highest BCUT2D eigenvalue weighted by molar-refractivity contribution is 5.91. The molecule has 0 saturated carbocycles. The van der Waals surface area contributed by atoms with Gasteiger partial charge in [0.05, 0.1) is 13.7 Å². The van der Waals surface area contributed by atoms with Crippen LogP contribution in [0.25, 0.3) is 0 Å². The Morgan fingerprint density at radius 1 is 1.08 bits per heavy atom. The first-order valence-electron chi connectivity index (χ1n) is 7.81. The zero-order valence-corrected chi connectivity index (χ0v) is 13.8. The summed E-state index contributed by atoms with van der Waals surface area (Å²) in [5.74, 6) is -1.95. The summed E-state index contributed by atoms with van der Waals surface area (Å²) < 4.78 is 15.4. The van der Waals surface area contributed by atoms with E-state index in [0.717, 1.165) is 12.8 Å². The molecule has 3 unspecified atom stereocenters. The molecule has 0 aromatic heterocycles. The van der Waals surface area contributed by atoms with Gasteiger partial charge in [-0.25, -0.2) is 4.79 Å². The van der Waals surface area contributed by atoms with Crippen LogP contribution in [0.1, 0.15) is 19.3 Å². The predicted octanol–water partition coefficient (Wildman–Crippen LogP) is -2.41. The maximum Gasteiger partial charge on any atom is 0.328 e. The fourth-order valence-corrected chi connectivity index (χ4v) is 1.98. The van der Waals surface area contributed by atoms with Crippen LogP contribution in [0.3, 0.4) is 0 Å². The molecule has 0 radical (unpaired) electrons. The van der Waals surface area contributed by atoms with Crippen molar-refractivity contribution in [1.29, 1.82) is 0 Å². The molecular weight excluding hydrogens is 320 g/mol. The summed E-state index contributed by atoms with van der Waals surface area (Å²) in [7, 11) is 1.22. The van der Waals surface area contributed by atoms with Crippen LogP contribution in [0, 0.1) is 0 Å². The molecule has 1 fully saturated rings. The van der Waals surface area contributed by atoms with Gasteiger partial charge in [-0.05, 0) is 12.8 Å². The van der Waals surface area contributed by atoms with E-state index in [1.807, 2.05) is 0 Å². The Hall–Kier alpha value is -1.75. The van der Waals surface area contributed by atoms with Crippen LogP contribution in [0.4, 0.5) is 0 Å². The van der Waals surface area contributed by atoms with E-state index < -0.39 is 36.0 Å². The smallest absolute Gasteiger partial charge is 0.328 e. The number of carbonyl (C=O) groups is 3. The molecule has 1 heterocycles. The molecule has 0 aliphatic carbocycles. The Morgan fingerprint density at radius 3 is 2.42 bits per heavy atom. The van der Waals surface area contributed by atoms with Crippen LogP contribution < -0.4 is 22.1 Å². The molecule has 1 rings (SSSR count). The van der Waals surface area contributed by atoms with Crippen LogP contribution in [0.5, 0.6) is 0 Å². The SMILES string of the molecule is COC(=O)C1CCOCCCCOCC(N)C(=O)NC(N)C(=O)N1. The highest BCUT2D eigenvalue weighted by Gasteiger charge is 2.26. The summed E-state index contributed by atoms with van der Waals surface area (Å²) >= 11 is 0. The number of methoxy groups -OCH3 is 1. The van der Waals surface area contributed by atoms with Gasteiger partial charge in [0.15, 0.2) is 6.17 Å². The Bertz CT molecular complexity index is 433. The van der Waals surface area contributed by atoms with Gasteiger partial charge in [-0.1, -0.05) is 0 Å². The lowest BCUT2D eigenvalue weighted by Gasteiger charge is -2.21. The molecule has 2 amide bonds. The van der Waals surface area contributed by atoms with Crippen LogP contribution >= 0.6 is 0 Å². The first-order chi connectivity index (χ1) is 11.5. The molecule has 24 heavy (non-hydrogen) atoms. The van der Waals surface area contributed by atoms with Gasteiger partial charge in [-0.15, -0.1) is 0 Å². The minimum atomic E-state index is -1.34. The minimum Gasteiger partial charge on any atom is -0.467 e. The summed E-state index contributed by atoms with van der Waals surface area (Å²) in [5.41, 5.74) is 11.3. The zero-order chi connectivity index (χ0) is 17.9. The summed E-state index contributed by atoms with van der Waals surface area (Å²) in [5, 5.41) is 4.71. The van der Waals surface area contributed by atoms with Gasteiger partial charge in [0.25, 0.3) is 5.91 Å². The quantitative estimate of drug-likeness (QED) is 0.383. The number of amides is 2. The second-order valence-corrected chi connectivity index (χ2v) is 5.36. The number of hydrogen-bond acceptors (Lipinski definition) is 8. The number of nitrogens with one attached hydrogen (secondary N) is 2. The van der Waals surface area contributed by atoms with E-state index in [1.54, 1.807) is 0 Å². The van der Waals surface area contributed by atoms with Gasteiger partial charge in [0.1, 0.15) is 12.1 Å². The molecule has 10 nitrogen and oxygen atoms in total. The molecule has 0 bridgehead atoms. The average molecular weight is 346 g/mol. The Kier molecular flexibility index (Phi) is 9.23. The van der Waals surface area contributed by atoms with Crippen LogP contribution in [0.15, 0.2) is 0 Å². The fourth-order valence-electron chi connectivity index (χ4n) is 1.98. The highest BCUT2D eigenvalue weighted by atomic mass is 16.5. The van der Waals surface area contributed by atoms with Gasteiger partial charge >= 0.3 is 5.97 Å². The molecule has 0 aromatic carbocycles. The third-order valence-electron chi connectivity index (χ3n) is 3.39. The Labute approximate surface area is 140 Å². The van der Waals surface area contributed by atoms with Gasteiger partial charge in [-0.3, -0.25) is 9.59 Å². The first kappa shape index (κ1) is 20.3. The van der Waals surface area contributed by atoms with E-state index in [9.17, 15) is 14.4 Å². The highest BCUT2D eigenvalue weighted by Crippen LogP contribution is 2.00. The fraction of sp³-hybridized carbons (Fsp3) is 0.786. The number of carbonyl (C=O) groups excluding carboxylic acids is 3. The lowest BCUT2D eigenvalue weighted by Crippen LogP contribution is -2.59. The first-order valence-corrected chi connectivity index (χ1v) is 7.81. The van der Waals surface area contributed by atoms with Crippen molar-refractivity contribution in [2.24, 2.45) is 11.5 Å². The third kappa shape index (κ3) is 7.21. The van der Waals surface area contributed by atoms with Crippen molar-refractivity contribution < 1.29 is 28.6 Å². The standard InChI is InChI=1S/C14H26N4O6/c1-22-14(21)10-4-7-23-5-2-3-6-24-8-9(15)12(19)18-11(16)13(20)17-10/h9-11H,2-8,15-16H2,1H3,(H,17,20)(H,18,19). The van der Waals surface area contributed by atoms with E-state index in [4.69, 9.17) is 20.9 Å². The molecule has 1 saturated heterocycles. The maximum absolute atomic E-state index is 12.0. The number of hydrogen-bond donors (Lipinski definition) is 4. The summed E-state index contributed by atoms with van der Waals surface area (Å²) in [4.78, 5) is 35.6. The van der Waals surface area contributed by atoms with Gasteiger partial charge in [0, 0.05) is 26.2 Å². The summed E-state index contributed by atoms with van der Waals surface area (Å²) in [6.45, 7) is 1.23. The molecule has 10 heteroatoms. The minimum absolute atomic E-state index is 0.0197. The number of rotatable bonds is 1. The number of esters is 1. The van der Waals surface area contributed by atoms with E-state index in [-0.39, 0.29) is 19.6 Å².